The number of allylic oxidation sites excluding steroid dienone is 1. The highest BCUT2D eigenvalue weighted by Crippen LogP contribution is 2.23. The van der Waals surface area contributed by atoms with Gasteiger partial charge in [-0.1, -0.05) is 12.1 Å². The van der Waals surface area contributed by atoms with Crippen LogP contribution in [-0.2, 0) is 0 Å². The minimum Gasteiger partial charge on any atom is -0.478 e. The molecule has 0 spiro atoms. The number of hydrogen-bond acceptors (Lipinski definition) is 4. The fraction of sp³-hybridized carbons (Fsp3) is 0. The average Bonchev–Trinajstić information content (AvgIpc) is 3.14. The Balaban J connectivity index is 2.01. The molecule has 132 valence electrons. The lowest BCUT2D eigenvalue weighted by Crippen LogP contribution is -1.99. The van der Waals surface area contributed by atoms with Crippen LogP contribution < -0.4 is 0 Å². The molecule has 1 heterocycles. The zero-order valence-electron chi connectivity index (χ0n) is 13.9. The second-order valence-corrected chi connectivity index (χ2v) is 5.63. The number of carboxylic acid groups (broad SMARTS) is 1. The molecule has 27 heavy (non-hydrogen) atoms. The molecule has 0 atom stereocenters. The molecule has 0 aliphatic heterocycles. The average molecular weight is 359 g/mol. The predicted octanol–water partition coefficient (Wildman–Crippen LogP) is 4.15. The van der Waals surface area contributed by atoms with Gasteiger partial charge in [-0.25, -0.2) is 4.79 Å². The van der Waals surface area contributed by atoms with Gasteiger partial charge in [-0.15, -0.1) is 0 Å². The lowest BCUT2D eigenvalue weighted by Gasteiger charge is -2.08. The molecular weight excluding hydrogens is 346 g/mol. The maximum Gasteiger partial charge on any atom is 0.335 e. The Labute approximate surface area is 154 Å². The van der Waals surface area contributed by atoms with Crippen molar-refractivity contribution in [2.24, 2.45) is 0 Å². The Morgan fingerprint density at radius 3 is 2.48 bits per heavy atom. The van der Waals surface area contributed by atoms with E-state index >= 15 is 0 Å². The van der Waals surface area contributed by atoms with E-state index in [0.717, 1.165) is 5.69 Å². The van der Waals surface area contributed by atoms with Gasteiger partial charge in [-0.2, -0.15) is 5.26 Å². The van der Waals surface area contributed by atoms with Crippen molar-refractivity contribution < 1.29 is 14.8 Å². The third kappa shape index (κ3) is 3.75. The first-order valence-corrected chi connectivity index (χ1v) is 7.87. The summed E-state index contributed by atoms with van der Waals surface area (Å²) < 4.78 is 1.79. The molecular formula is C20H13N3O4. The van der Waals surface area contributed by atoms with Crippen molar-refractivity contribution in [2.45, 2.75) is 0 Å². The van der Waals surface area contributed by atoms with Crippen LogP contribution in [0.15, 0.2) is 66.9 Å². The van der Waals surface area contributed by atoms with Crippen molar-refractivity contribution in [1.29, 1.82) is 5.26 Å². The molecule has 0 aliphatic rings. The van der Waals surface area contributed by atoms with Gasteiger partial charge in [-0.3, -0.25) is 10.1 Å². The summed E-state index contributed by atoms with van der Waals surface area (Å²) in [6.07, 6.45) is 3.41. The summed E-state index contributed by atoms with van der Waals surface area (Å²) in [5, 5.41) is 29.5. The maximum absolute atomic E-state index is 11.0. The zero-order chi connectivity index (χ0) is 19.4. The summed E-state index contributed by atoms with van der Waals surface area (Å²) in [6, 6.07) is 17.9. The molecule has 0 saturated heterocycles. The van der Waals surface area contributed by atoms with Gasteiger partial charge >= 0.3 is 5.97 Å². The molecule has 0 radical (unpaired) electrons. The topological polar surface area (TPSA) is 109 Å². The second-order valence-electron chi connectivity index (χ2n) is 5.63. The van der Waals surface area contributed by atoms with Crippen molar-refractivity contribution in [3.05, 3.63) is 93.8 Å². The highest BCUT2D eigenvalue weighted by Gasteiger charge is 2.10. The van der Waals surface area contributed by atoms with Gasteiger partial charge in [0.1, 0.15) is 0 Å². The molecule has 0 bridgehead atoms. The van der Waals surface area contributed by atoms with Gasteiger partial charge < -0.3 is 9.67 Å². The number of nitrogens with zero attached hydrogens (tertiary/aromatic N) is 3. The van der Waals surface area contributed by atoms with E-state index in [-0.39, 0.29) is 16.8 Å². The van der Waals surface area contributed by atoms with E-state index in [0.29, 0.717) is 11.3 Å². The molecule has 0 fully saturated rings. The smallest absolute Gasteiger partial charge is 0.335 e. The molecule has 7 nitrogen and oxygen atoms in total. The van der Waals surface area contributed by atoms with E-state index in [1.807, 2.05) is 0 Å². The summed E-state index contributed by atoms with van der Waals surface area (Å²) in [6.45, 7) is 0. The lowest BCUT2D eigenvalue weighted by atomic mass is 10.1. The second kappa shape index (κ2) is 7.37. The van der Waals surface area contributed by atoms with Crippen LogP contribution in [0.5, 0.6) is 0 Å². The van der Waals surface area contributed by atoms with Gasteiger partial charge in [0.15, 0.2) is 0 Å². The van der Waals surface area contributed by atoms with E-state index in [4.69, 9.17) is 5.11 Å². The maximum atomic E-state index is 11.0. The number of hydrogen-bond donors (Lipinski definition) is 1. The predicted molar refractivity (Wildman–Crippen MR) is 99.3 cm³/mol. The Hall–Kier alpha value is -4.18. The summed E-state index contributed by atoms with van der Waals surface area (Å²) >= 11 is 0. The first kappa shape index (κ1) is 17.6. The lowest BCUT2D eigenvalue weighted by molar-refractivity contribution is -0.384. The molecule has 3 aromatic rings. The van der Waals surface area contributed by atoms with E-state index in [1.54, 1.807) is 47.2 Å². The monoisotopic (exact) mass is 359 g/mol. The van der Waals surface area contributed by atoms with Crippen molar-refractivity contribution >= 4 is 23.3 Å². The van der Waals surface area contributed by atoms with Crippen LogP contribution in [0.4, 0.5) is 5.69 Å². The number of rotatable bonds is 5. The van der Waals surface area contributed by atoms with E-state index < -0.39 is 10.9 Å². The number of nitro groups is 1. The Morgan fingerprint density at radius 2 is 1.85 bits per heavy atom. The zero-order valence-corrected chi connectivity index (χ0v) is 13.9. The van der Waals surface area contributed by atoms with E-state index in [2.05, 4.69) is 6.07 Å². The van der Waals surface area contributed by atoms with Crippen LogP contribution >= 0.6 is 0 Å². The SMILES string of the molecule is N#C/C(=C/c1cccn1-c1ccc(C(=O)O)cc1)c1cccc([N+](=O)[O-])c1. The molecule has 1 N–H and O–H groups in total. The van der Waals surface area contributed by atoms with Crippen LogP contribution in [0.1, 0.15) is 21.6 Å². The standard InChI is InChI=1S/C20H13N3O4/c21-13-16(15-3-1-4-19(11-15)23(26)27)12-18-5-2-10-22(18)17-8-6-14(7-9-17)20(24)25/h1-12H,(H,24,25)/b16-12-. The Morgan fingerprint density at radius 1 is 1.11 bits per heavy atom. The number of non-ortho nitro benzene ring substituents is 1. The number of nitro benzene ring substituents is 1. The highest BCUT2D eigenvalue weighted by molar-refractivity contribution is 5.90. The number of benzene rings is 2. The largest absolute Gasteiger partial charge is 0.478 e. The van der Waals surface area contributed by atoms with Crippen LogP contribution in [0.2, 0.25) is 0 Å². The van der Waals surface area contributed by atoms with Gasteiger partial charge in [0.05, 0.1) is 22.1 Å². The molecule has 3 rings (SSSR count). The molecule has 7 heteroatoms. The Kier molecular flexibility index (Phi) is 4.82. The van der Waals surface area contributed by atoms with E-state index in [9.17, 15) is 20.2 Å². The van der Waals surface area contributed by atoms with Crippen LogP contribution in [0.3, 0.4) is 0 Å². The third-order valence-electron chi connectivity index (χ3n) is 3.95. The fourth-order valence-electron chi connectivity index (χ4n) is 2.63. The summed E-state index contributed by atoms with van der Waals surface area (Å²) in [5.74, 6) is -1.01. The van der Waals surface area contributed by atoms with Gasteiger partial charge in [0.25, 0.3) is 5.69 Å². The van der Waals surface area contributed by atoms with Crippen molar-refractivity contribution in [2.75, 3.05) is 0 Å². The molecule has 1 aromatic heterocycles. The first-order chi connectivity index (χ1) is 13.0. The molecule has 0 unspecified atom stereocenters. The van der Waals surface area contributed by atoms with Crippen LogP contribution in [-0.4, -0.2) is 20.6 Å². The quantitative estimate of drug-likeness (QED) is 0.418. The third-order valence-corrected chi connectivity index (χ3v) is 3.95. The molecule has 0 aliphatic carbocycles. The Bertz CT molecular complexity index is 1090. The van der Waals surface area contributed by atoms with Gasteiger partial charge in [0, 0.05) is 29.7 Å². The minimum absolute atomic E-state index is 0.0895. The number of nitriles is 1. The number of aromatic nitrogens is 1. The first-order valence-electron chi connectivity index (χ1n) is 7.87. The number of carbonyl (C=O) groups is 1. The highest BCUT2D eigenvalue weighted by atomic mass is 16.6. The van der Waals surface area contributed by atoms with Crippen molar-refractivity contribution in [1.82, 2.24) is 4.57 Å². The van der Waals surface area contributed by atoms with Crippen LogP contribution in [0, 0.1) is 21.4 Å². The fourth-order valence-corrected chi connectivity index (χ4v) is 2.63. The number of aromatic carboxylic acids is 1. The van der Waals surface area contributed by atoms with Crippen molar-refractivity contribution in [3.63, 3.8) is 0 Å². The summed E-state index contributed by atoms with van der Waals surface area (Å²) in [5.41, 5.74) is 2.22. The van der Waals surface area contributed by atoms with Gasteiger partial charge in [-0.05, 0) is 48.0 Å². The summed E-state index contributed by atoms with van der Waals surface area (Å²) in [4.78, 5) is 21.4. The molecule has 2 aromatic carbocycles. The van der Waals surface area contributed by atoms with Crippen LogP contribution in [0.25, 0.3) is 17.3 Å². The summed E-state index contributed by atoms with van der Waals surface area (Å²) in [7, 11) is 0. The minimum atomic E-state index is -1.01. The van der Waals surface area contributed by atoms with Crippen molar-refractivity contribution in [3.8, 4) is 11.8 Å². The van der Waals surface area contributed by atoms with E-state index in [1.165, 1.54) is 30.3 Å². The normalized spacial score (nSPS) is 11.0. The molecule has 0 amide bonds. The number of carboxylic acids is 1. The van der Waals surface area contributed by atoms with Gasteiger partial charge in [0.2, 0.25) is 0 Å². The molecule has 0 saturated carbocycles.